The fourth-order valence-electron chi connectivity index (χ4n) is 7.16. The average Bonchev–Trinajstić information content (AvgIpc) is 3.08. The molecule has 4 rings (SSSR count). The Morgan fingerprint density at radius 2 is 1.97 bits per heavy atom. The summed E-state index contributed by atoms with van der Waals surface area (Å²) in [5.41, 5.74) is -1.33. The normalized spacial score (nSPS) is 42.4. The third-order valence-corrected chi connectivity index (χ3v) is 8.52. The highest BCUT2D eigenvalue weighted by atomic mass is 16.5. The van der Waals surface area contributed by atoms with Crippen LogP contribution in [-0.2, 0) is 19.1 Å². The molecule has 4 aliphatic rings. The number of carbonyl (C=O) groups is 2. The summed E-state index contributed by atoms with van der Waals surface area (Å²) in [7, 11) is 0. The minimum Gasteiger partial charge on any atom is -0.462 e. The Hall–Kier alpha value is -1.80. The molecule has 2 aliphatic carbocycles. The molecule has 5 unspecified atom stereocenters. The molecule has 0 amide bonds. The van der Waals surface area contributed by atoms with Crippen LogP contribution in [0.4, 0.5) is 0 Å². The lowest BCUT2D eigenvalue weighted by molar-refractivity contribution is -0.266. The minimum absolute atomic E-state index is 0.0520. The predicted octanol–water partition coefficient (Wildman–Crippen LogP) is 3.93. The Balaban J connectivity index is 1.80. The van der Waals surface area contributed by atoms with E-state index in [9.17, 15) is 14.7 Å². The third kappa shape index (κ3) is 3.19. The summed E-state index contributed by atoms with van der Waals surface area (Å²) in [5, 5.41) is 12.5. The van der Waals surface area contributed by atoms with Gasteiger partial charge in [-0.3, -0.25) is 4.79 Å². The molecule has 0 aromatic rings. The number of carbonyl (C=O) groups excluding carboxylic acids is 2. The topological polar surface area (TPSA) is 72.8 Å². The zero-order valence-electron chi connectivity index (χ0n) is 18.7. The van der Waals surface area contributed by atoms with Crippen LogP contribution in [0.3, 0.4) is 0 Å². The molecule has 5 atom stereocenters. The number of hydrogen-bond donors (Lipinski definition) is 1. The fraction of sp³-hybridized carbons (Fsp3) is 0.760. The Bertz CT molecular complexity index is 845. The highest BCUT2D eigenvalue weighted by molar-refractivity contribution is 5.85. The average molecular weight is 415 g/mol. The number of ether oxygens (including phenoxy) is 2. The van der Waals surface area contributed by atoms with E-state index in [0.717, 1.165) is 24.8 Å². The van der Waals surface area contributed by atoms with Gasteiger partial charge in [0.15, 0.2) is 0 Å². The van der Waals surface area contributed by atoms with Gasteiger partial charge in [0.05, 0.1) is 17.4 Å². The summed E-state index contributed by atoms with van der Waals surface area (Å²) < 4.78 is 11.1. The lowest BCUT2D eigenvalue weighted by Crippen LogP contribution is -2.70. The number of aliphatic hydroxyl groups is 1. The molecule has 2 aliphatic heterocycles. The summed E-state index contributed by atoms with van der Waals surface area (Å²) in [6, 6.07) is 0. The van der Waals surface area contributed by atoms with E-state index in [4.69, 9.17) is 9.47 Å². The van der Waals surface area contributed by atoms with Gasteiger partial charge in [-0.05, 0) is 43.6 Å². The van der Waals surface area contributed by atoms with Crippen molar-refractivity contribution in [2.75, 3.05) is 6.61 Å². The molecule has 5 nitrogen and oxygen atoms in total. The predicted molar refractivity (Wildman–Crippen MR) is 112 cm³/mol. The minimum atomic E-state index is -1.06. The van der Waals surface area contributed by atoms with Crippen molar-refractivity contribution in [2.45, 2.75) is 90.8 Å². The van der Waals surface area contributed by atoms with Crippen molar-refractivity contribution in [2.24, 2.45) is 22.2 Å². The summed E-state index contributed by atoms with van der Waals surface area (Å²) in [6.07, 6.45) is 6.67. The first-order valence-corrected chi connectivity index (χ1v) is 11.3. The quantitative estimate of drug-likeness (QED) is 0.560. The molecular formula is C25H34O5. The van der Waals surface area contributed by atoms with Crippen molar-refractivity contribution >= 4 is 11.9 Å². The van der Waals surface area contributed by atoms with Gasteiger partial charge in [-0.1, -0.05) is 33.1 Å². The summed E-state index contributed by atoms with van der Waals surface area (Å²) in [4.78, 5) is 24.0. The number of esters is 2. The maximum atomic E-state index is 12.5. The molecule has 0 spiro atoms. The van der Waals surface area contributed by atoms with Crippen molar-refractivity contribution in [3.05, 3.63) is 11.6 Å². The van der Waals surface area contributed by atoms with E-state index in [0.29, 0.717) is 38.7 Å². The Morgan fingerprint density at radius 3 is 2.67 bits per heavy atom. The van der Waals surface area contributed by atoms with Crippen LogP contribution in [0.15, 0.2) is 11.6 Å². The molecule has 164 valence electrons. The smallest absolute Gasteiger partial charge is 0.331 e. The van der Waals surface area contributed by atoms with Crippen LogP contribution in [-0.4, -0.2) is 35.4 Å². The SMILES string of the molecule is CC1(C)CCCC2(C)C1C1CC(C)(C#CCCC(=O)O1)C2(O)CCC1=CC(=O)OC1. The van der Waals surface area contributed by atoms with Gasteiger partial charge in [-0.2, -0.15) is 0 Å². The van der Waals surface area contributed by atoms with E-state index in [1.807, 2.05) is 6.92 Å². The van der Waals surface area contributed by atoms with Gasteiger partial charge in [-0.25, -0.2) is 4.79 Å². The highest BCUT2D eigenvalue weighted by Gasteiger charge is 2.69. The van der Waals surface area contributed by atoms with Crippen molar-refractivity contribution in [1.29, 1.82) is 0 Å². The van der Waals surface area contributed by atoms with Gasteiger partial charge < -0.3 is 14.6 Å². The standard InChI is InChI=1S/C25H34O5/c1-22(2)10-7-12-24(4)21(22)18-15-23(3,11-6-5-8-19(26)30-18)25(24,28)13-9-17-14-20(27)29-16-17/h14,18,21,28H,5,7-10,12-13,15-16H2,1-4H3. The van der Waals surface area contributed by atoms with Crippen molar-refractivity contribution in [1.82, 2.24) is 0 Å². The molecule has 5 heteroatoms. The molecule has 0 radical (unpaired) electrons. The van der Waals surface area contributed by atoms with E-state index < -0.39 is 16.4 Å². The third-order valence-electron chi connectivity index (χ3n) is 8.52. The van der Waals surface area contributed by atoms with Crippen LogP contribution in [0, 0.1) is 34.0 Å². The zero-order chi connectivity index (χ0) is 21.8. The fourth-order valence-corrected chi connectivity index (χ4v) is 7.16. The number of hydrogen-bond acceptors (Lipinski definition) is 5. The molecular weight excluding hydrogens is 380 g/mol. The van der Waals surface area contributed by atoms with E-state index in [2.05, 4.69) is 32.6 Å². The van der Waals surface area contributed by atoms with Crippen LogP contribution in [0.25, 0.3) is 0 Å². The number of rotatable bonds is 3. The second-order valence-electron chi connectivity index (χ2n) is 10.9. The molecule has 1 N–H and O–H groups in total. The second kappa shape index (κ2) is 7.12. The Labute approximate surface area is 179 Å². The first-order valence-electron chi connectivity index (χ1n) is 11.3. The van der Waals surface area contributed by atoms with Gasteiger partial charge in [0.2, 0.25) is 0 Å². The van der Waals surface area contributed by atoms with E-state index in [-0.39, 0.29) is 29.4 Å². The molecule has 2 fully saturated rings. The van der Waals surface area contributed by atoms with Gasteiger partial charge in [-0.15, -0.1) is 5.92 Å². The lowest BCUT2D eigenvalue weighted by atomic mass is 9.40. The van der Waals surface area contributed by atoms with Gasteiger partial charge >= 0.3 is 11.9 Å². The summed E-state index contributed by atoms with van der Waals surface area (Å²) >= 11 is 0. The zero-order valence-corrected chi connectivity index (χ0v) is 18.7. The first kappa shape index (κ1) is 21.4. The molecule has 2 bridgehead atoms. The van der Waals surface area contributed by atoms with Gasteiger partial charge in [0, 0.05) is 30.3 Å². The molecule has 0 saturated heterocycles. The first-order chi connectivity index (χ1) is 14.0. The molecule has 0 aromatic carbocycles. The van der Waals surface area contributed by atoms with E-state index in [1.54, 1.807) is 6.08 Å². The largest absolute Gasteiger partial charge is 0.462 e. The van der Waals surface area contributed by atoms with Crippen molar-refractivity contribution in [3.8, 4) is 11.8 Å². The highest BCUT2D eigenvalue weighted by Crippen LogP contribution is 2.67. The van der Waals surface area contributed by atoms with Crippen molar-refractivity contribution in [3.63, 3.8) is 0 Å². The lowest BCUT2D eigenvalue weighted by Gasteiger charge is -2.67. The van der Waals surface area contributed by atoms with Crippen LogP contribution in [0.5, 0.6) is 0 Å². The molecule has 2 saturated carbocycles. The summed E-state index contributed by atoms with van der Waals surface area (Å²) in [5.74, 6) is 6.14. The van der Waals surface area contributed by atoms with E-state index >= 15 is 0 Å². The van der Waals surface area contributed by atoms with Crippen LogP contribution in [0.2, 0.25) is 0 Å². The second-order valence-corrected chi connectivity index (χ2v) is 10.9. The van der Waals surface area contributed by atoms with E-state index in [1.165, 1.54) is 0 Å². The van der Waals surface area contributed by atoms with Crippen LogP contribution in [0.1, 0.15) is 79.1 Å². The maximum Gasteiger partial charge on any atom is 0.331 e. The Kier molecular flexibility index (Phi) is 5.09. The van der Waals surface area contributed by atoms with Gasteiger partial charge in [0.1, 0.15) is 12.7 Å². The van der Waals surface area contributed by atoms with Crippen LogP contribution >= 0.6 is 0 Å². The monoisotopic (exact) mass is 414 g/mol. The van der Waals surface area contributed by atoms with Crippen molar-refractivity contribution < 1.29 is 24.2 Å². The summed E-state index contributed by atoms with van der Waals surface area (Å²) in [6.45, 7) is 9.02. The van der Waals surface area contributed by atoms with Crippen LogP contribution < -0.4 is 0 Å². The Morgan fingerprint density at radius 1 is 1.20 bits per heavy atom. The number of cyclic esters (lactones) is 1. The molecule has 30 heavy (non-hydrogen) atoms. The molecule has 0 aromatic heterocycles. The maximum absolute atomic E-state index is 12.5. The van der Waals surface area contributed by atoms with Gasteiger partial charge in [0.25, 0.3) is 0 Å². The number of fused-ring (bicyclic) bond motifs is 4. The molecule has 2 heterocycles.